The van der Waals surface area contributed by atoms with Crippen molar-refractivity contribution in [3.8, 4) is 0 Å². The van der Waals surface area contributed by atoms with E-state index < -0.39 is 17.8 Å². The van der Waals surface area contributed by atoms with E-state index in [2.05, 4.69) is 10.4 Å². The van der Waals surface area contributed by atoms with Crippen LogP contribution in [0.15, 0.2) is 36.7 Å². The number of rotatable bonds is 5. The molecule has 0 bridgehead atoms. The average Bonchev–Trinajstić information content (AvgIpc) is 2.89. The predicted molar refractivity (Wildman–Crippen MR) is 73.2 cm³/mol. The fraction of sp³-hybridized carbons (Fsp3) is 0.308. The number of aromatic nitrogens is 2. The summed E-state index contributed by atoms with van der Waals surface area (Å²) in [7, 11) is 0. The van der Waals surface area contributed by atoms with Crippen LogP contribution in [-0.4, -0.2) is 27.5 Å². The number of nitrogens with one attached hydrogen (secondary N) is 1. The Balaban J connectivity index is 2.03. The molecule has 0 aliphatic rings. The lowest BCUT2D eigenvalue weighted by molar-refractivity contribution is -0.137. The van der Waals surface area contributed by atoms with Crippen molar-refractivity contribution in [3.63, 3.8) is 0 Å². The Bertz CT molecular complexity index is 587. The van der Waals surface area contributed by atoms with E-state index in [9.17, 15) is 18.3 Å². The van der Waals surface area contributed by atoms with Gasteiger partial charge >= 0.3 is 6.18 Å². The fourth-order valence-corrected chi connectivity index (χ4v) is 1.99. The predicted octanol–water partition coefficient (Wildman–Crippen LogP) is 3.03. The maximum absolute atomic E-state index is 12.9. The molecule has 2 aromatic rings. The quantitative estimate of drug-likeness (QED) is 0.890. The van der Waals surface area contributed by atoms with Gasteiger partial charge in [-0.3, -0.25) is 4.68 Å². The molecule has 2 N–H and O–H groups in total. The van der Waals surface area contributed by atoms with E-state index in [-0.39, 0.29) is 23.8 Å². The highest BCUT2D eigenvalue weighted by atomic mass is 35.5. The fourth-order valence-electron chi connectivity index (χ4n) is 1.82. The topological polar surface area (TPSA) is 50.1 Å². The molecular weight excluding hydrogens is 307 g/mol. The standard InChI is InChI=1S/C13H13ClF3N3O/c14-9-2-3-12(11(6-9)13(15,16)17)18-7-10(21)8-20-5-1-4-19-20/h1-6,10,18,21H,7-8H2. The molecule has 4 nitrogen and oxygen atoms in total. The minimum atomic E-state index is -4.51. The third kappa shape index (κ3) is 4.37. The van der Waals surface area contributed by atoms with Gasteiger partial charge in [0.05, 0.1) is 18.2 Å². The molecular formula is C13H13ClF3N3O. The second-order valence-electron chi connectivity index (χ2n) is 4.45. The summed E-state index contributed by atoms with van der Waals surface area (Å²) < 4.78 is 40.1. The van der Waals surface area contributed by atoms with Gasteiger partial charge in [-0.15, -0.1) is 0 Å². The van der Waals surface area contributed by atoms with E-state index in [0.29, 0.717) is 0 Å². The molecule has 0 aliphatic carbocycles. The van der Waals surface area contributed by atoms with E-state index in [1.165, 1.54) is 16.8 Å². The highest BCUT2D eigenvalue weighted by molar-refractivity contribution is 6.30. The molecule has 0 radical (unpaired) electrons. The Hall–Kier alpha value is -1.73. The smallest absolute Gasteiger partial charge is 0.389 e. The molecule has 0 saturated carbocycles. The molecule has 0 saturated heterocycles. The van der Waals surface area contributed by atoms with Gasteiger partial charge < -0.3 is 10.4 Å². The maximum Gasteiger partial charge on any atom is 0.418 e. The molecule has 1 heterocycles. The second kappa shape index (κ2) is 6.36. The van der Waals surface area contributed by atoms with Gasteiger partial charge in [0.25, 0.3) is 0 Å². The average molecular weight is 320 g/mol. The van der Waals surface area contributed by atoms with Crippen molar-refractivity contribution in [3.05, 3.63) is 47.2 Å². The summed E-state index contributed by atoms with van der Waals surface area (Å²) in [6, 6.07) is 5.15. The largest absolute Gasteiger partial charge is 0.418 e. The number of hydrogen-bond donors (Lipinski definition) is 2. The molecule has 1 aromatic carbocycles. The monoisotopic (exact) mass is 319 g/mol. The van der Waals surface area contributed by atoms with Crippen molar-refractivity contribution < 1.29 is 18.3 Å². The lowest BCUT2D eigenvalue weighted by Gasteiger charge is -2.17. The van der Waals surface area contributed by atoms with Gasteiger partial charge in [-0.1, -0.05) is 11.6 Å². The van der Waals surface area contributed by atoms with Crippen molar-refractivity contribution in [2.45, 2.75) is 18.8 Å². The molecule has 8 heteroatoms. The molecule has 0 fully saturated rings. The Morgan fingerprint density at radius 3 is 2.76 bits per heavy atom. The summed E-state index contributed by atoms with van der Waals surface area (Å²) in [4.78, 5) is 0. The van der Waals surface area contributed by atoms with Gasteiger partial charge in [-0.25, -0.2) is 0 Å². The molecule has 0 amide bonds. The zero-order valence-corrected chi connectivity index (χ0v) is 11.6. The highest BCUT2D eigenvalue weighted by Crippen LogP contribution is 2.36. The third-order valence-corrected chi connectivity index (χ3v) is 3.01. The first-order valence-electron chi connectivity index (χ1n) is 6.12. The van der Waals surface area contributed by atoms with Crippen molar-refractivity contribution in [2.75, 3.05) is 11.9 Å². The molecule has 1 aromatic heterocycles. The Kier molecular flexibility index (Phi) is 4.74. The van der Waals surface area contributed by atoms with Crippen molar-refractivity contribution in [1.82, 2.24) is 9.78 Å². The van der Waals surface area contributed by atoms with E-state index >= 15 is 0 Å². The van der Waals surface area contributed by atoms with Crippen LogP contribution in [0.4, 0.5) is 18.9 Å². The summed E-state index contributed by atoms with van der Waals surface area (Å²) in [6.07, 6.45) is -2.17. The van der Waals surface area contributed by atoms with Gasteiger partial charge in [0.15, 0.2) is 0 Å². The van der Waals surface area contributed by atoms with Crippen LogP contribution in [0, 0.1) is 0 Å². The van der Waals surface area contributed by atoms with Crippen LogP contribution < -0.4 is 5.32 Å². The summed E-state index contributed by atoms with van der Waals surface area (Å²) in [6.45, 7) is 0.152. The molecule has 0 spiro atoms. The number of anilines is 1. The van der Waals surface area contributed by atoms with Crippen LogP contribution in [0.1, 0.15) is 5.56 Å². The summed E-state index contributed by atoms with van der Waals surface area (Å²) >= 11 is 5.59. The summed E-state index contributed by atoms with van der Waals surface area (Å²) in [5.41, 5.74) is -0.979. The normalized spacial score (nSPS) is 13.2. The number of halogens is 4. The van der Waals surface area contributed by atoms with Crippen LogP contribution in [0.2, 0.25) is 5.02 Å². The van der Waals surface area contributed by atoms with Crippen LogP contribution >= 0.6 is 11.6 Å². The number of alkyl halides is 3. The van der Waals surface area contributed by atoms with E-state index in [1.54, 1.807) is 18.5 Å². The zero-order valence-electron chi connectivity index (χ0n) is 10.8. The van der Waals surface area contributed by atoms with Crippen molar-refractivity contribution in [2.24, 2.45) is 0 Å². The van der Waals surface area contributed by atoms with Crippen LogP contribution in [0.25, 0.3) is 0 Å². The maximum atomic E-state index is 12.9. The first-order valence-corrected chi connectivity index (χ1v) is 6.50. The number of nitrogens with zero attached hydrogens (tertiary/aromatic N) is 2. The first kappa shape index (κ1) is 15.7. The molecule has 1 unspecified atom stereocenters. The molecule has 2 rings (SSSR count). The second-order valence-corrected chi connectivity index (χ2v) is 4.89. The first-order chi connectivity index (χ1) is 9.86. The highest BCUT2D eigenvalue weighted by Gasteiger charge is 2.33. The van der Waals surface area contributed by atoms with Gasteiger partial charge in [0.1, 0.15) is 0 Å². The van der Waals surface area contributed by atoms with Crippen molar-refractivity contribution >= 4 is 17.3 Å². The number of aliphatic hydroxyl groups is 1. The number of hydrogen-bond acceptors (Lipinski definition) is 3. The Labute approximate surface area is 124 Å². The van der Waals surface area contributed by atoms with Gasteiger partial charge in [-0.2, -0.15) is 18.3 Å². The Morgan fingerprint density at radius 1 is 1.38 bits per heavy atom. The zero-order chi connectivity index (χ0) is 15.5. The van der Waals surface area contributed by atoms with Gasteiger partial charge in [-0.05, 0) is 24.3 Å². The lowest BCUT2D eigenvalue weighted by atomic mass is 10.1. The van der Waals surface area contributed by atoms with E-state index in [0.717, 1.165) is 6.07 Å². The van der Waals surface area contributed by atoms with Crippen LogP contribution in [-0.2, 0) is 12.7 Å². The number of benzene rings is 1. The minimum absolute atomic E-state index is 0.00460. The number of aliphatic hydroxyl groups excluding tert-OH is 1. The van der Waals surface area contributed by atoms with Crippen LogP contribution in [0.5, 0.6) is 0 Å². The van der Waals surface area contributed by atoms with Gasteiger partial charge in [0, 0.05) is 29.6 Å². The lowest BCUT2D eigenvalue weighted by Crippen LogP contribution is -2.26. The Morgan fingerprint density at radius 2 is 2.14 bits per heavy atom. The third-order valence-electron chi connectivity index (χ3n) is 2.77. The molecule has 21 heavy (non-hydrogen) atoms. The van der Waals surface area contributed by atoms with E-state index in [4.69, 9.17) is 11.6 Å². The molecule has 114 valence electrons. The van der Waals surface area contributed by atoms with E-state index in [1.807, 2.05) is 0 Å². The summed E-state index contributed by atoms with van der Waals surface area (Å²) in [5, 5.41) is 16.3. The van der Waals surface area contributed by atoms with Gasteiger partial charge in [0.2, 0.25) is 0 Å². The van der Waals surface area contributed by atoms with Crippen LogP contribution in [0.3, 0.4) is 0 Å². The molecule has 0 aliphatic heterocycles. The minimum Gasteiger partial charge on any atom is -0.389 e. The summed E-state index contributed by atoms with van der Waals surface area (Å²) in [5.74, 6) is 0. The SMILES string of the molecule is OC(CNc1ccc(Cl)cc1C(F)(F)F)Cn1cccn1. The van der Waals surface area contributed by atoms with Crippen molar-refractivity contribution in [1.29, 1.82) is 0 Å². The molecule has 1 atom stereocenters.